The molecule has 0 aromatic heterocycles. The lowest BCUT2D eigenvalue weighted by Crippen LogP contribution is -2.42. The second kappa shape index (κ2) is 8.23. The fourth-order valence-electron chi connectivity index (χ4n) is 1.84. The Morgan fingerprint density at radius 2 is 2.05 bits per heavy atom. The molecule has 1 rings (SSSR count). The summed E-state index contributed by atoms with van der Waals surface area (Å²) in [4.78, 5) is 11.7. The fourth-order valence-corrected chi connectivity index (χ4v) is 2.56. The zero-order valence-corrected chi connectivity index (χ0v) is 12.5. The highest BCUT2D eigenvalue weighted by molar-refractivity contribution is 7.98. The summed E-state index contributed by atoms with van der Waals surface area (Å²) in [6.07, 6.45) is 4.19. The number of aliphatic hydroxyl groups is 1. The molecule has 0 radical (unpaired) electrons. The largest absolute Gasteiger partial charge is 0.387 e. The van der Waals surface area contributed by atoms with E-state index in [0.29, 0.717) is 18.7 Å². The van der Waals surface area contributed by atoms with Gasteiger partial charge in [0.2, 0.25) is 5.91 Å². The van der Waals surface area contributed by atoms with Crippen LogP contribution in [0.4, 0.5) is 0 Å². The number of benzene rings is 1. The van der Waals surface area contributed by atoms with Crippen LogP contribution in [0, 0.1) is 0 Å². The van der Waals surface area contributed by atoms with Crippen molar-refractivity contribution in [2.24, 2.45) is 0 Å². The third kappa shape index (κ3) is 7.23. The van der Waals surface area contributed by atoms with Crippen molar-refractivity contribution in [2.75, 3.05) is 18.6 Å². The normalized spacial score (nSPS) is 13.8. The smallest absolute Gasteiger partial charge is 0.220 e. The molecule has 0 heterocycles. The van der Waals surface area contributed by atoms with E-state index in [9.17, 15) is 9.90 Å². The van der Waals surface area contributed by atoms with Crippen LogP contribution in [-0.2, 0) is 11.2 Å². The highest BCUT2D eigenvalue weighted by atomic mass is 32.2. The molecule has 2 N–H and O–H groups in total. The van der Waals surface area contributed by atoms with Crippen LogP contribution in [0.15, 0.2) is 30.3 Å². The average Bonchev–Trinajstić information content (AvgIpc) is 2.38. The second-order valence-electron chi connectivity index (χ2n) is 5.05. The van der Waals surface area contributed by atoms with Crippen LogP contribution in [0.2, 0.25) is 0 Å². The molecule has 1 aromatic carbocycles. The van der Waals surface area contributed by atoms with Gasteiger partial charge < -0.3 is 10.4 Å². The van der Waals surface area contributed by atoms with Crippen LogP contribution in [0.1, 0.15) is 25.3 Å². The van der Waals surface area contributed by atoms with Gasteiger partial charge in [0.15, 0.2) is 0 Å². The Morgan fingerprint density at radius 3 is 2.68 bits per heavy atom. The topological polar surface area (TPSA) is 49.3 Å². The molecule has 19 heavy (non-hydrogen) atoms. The maximum absolute atomic E-state index is 11.7. The van der Waals surface area contributed by atoms with Crippen molar-refractivity contribution >= 4 is 17.7 Å². The van der Waals surface area contributed by atoms with E-state index in [4.69, 9.17) is 0 Å². The number of amides is 1. The van der Waals surface area contributed by atoms with Gasteiger partial charge in [-0.25, -0.2) is 0 Å². The van der Waals surface area contributed by atoms with Crippen LogP contribution in [0.3, 0.4) is 0 Å². The van der Waals surface area contributed by atoms with Crippen molar-refractivity contribution in [3.8, 4) is 0 Å². The summed E-state index contributed by atoms with van der Waals surface area (Å²) in [5.41, 5.74) is 0.429. The number of nitrogens with one attached hydrogen (secondary N) is 1. The number of hydrogen-bond donors (Lipinski definition) is 2. The van der Waals surface area contributed by atoms with Gasteiger partial charge in [-0.05, 0) is 31.6 Å². The van der Waals surface area contributed by atoms with Crippen molar-refractivity contribution in [2.45, 2.75) is 31.8 Å². The van der Waals surface area contributed by atoms with Crippen LogP contribution in [-0.4, -0.2) is 35.2 Å². The van der Waals surface area contributed by atoms with E-state index in [0.717, 1.165) is 12.8 Å². The van der Waals surface area contributed by atoms with Gasteiger partial charge in [0, 0.05) is 18.7 Å². The van der Waals surface area contributed by atoms with E-state index < -0.39 is 5.60 Å². The van der Waals surface area contributed by atoms with E-state index in [1.165, 1.54) is 5.56 Å². The number of rotatable bonds is 8. The van der Waals surface area contributed by atoms with Crippen molar-refractivity contribution in [3.63, 3.8) is 0 Å². The number of thioether (sulfide) groups is 1. The molecule has 4 heteroatoms. The van der Waals surface area contributed by atoms with E-state index in [1.54, 1.807) is 18.7 Å². The quantitative estimate of drug-likeness (QED) is 0.768. The first-order valence-electron chi connectivity index (χ1n) is 6.55. The van der Waals surface area contributed by atoms with Crippen LogP contribution < -0.4 is 5.32 Å². The lowest BCUT2D eigenvalue weighted by Gasteiger charge is -2.22. The van der Waals surface area contributed by atoms with Crippen molar-refractivity contribution in [1.82, 2.24) is 5.32 Å². The molecule has 3 nitrogen and oxygen atoms in total. The van der Waals surface area contributed by atoms with Gasteiger partial charge >= 0.3 is 0 Å². The molecular formula is C15H23NO2S. The summed E-state index contributed by atoms with van der Waals surface area (Å²) >= 11 is 1.57. The minimum Gasteiger partial charge on any atom is -0.387 e. The summed E-state index contributed by atoms with van der Waals surface area (Å²) in [7, 11) is 0. The Balaban J connectivity index is 2.18. The number of carbonyl (C=O) groups is 1. The third-order valence-electron chi connectivity index (χ3n) is 2.83. The average molecular weight is 281 g/mol. The molecule has 0 spiro atoms. The molecule has 0 bridgehead atoms. The van der Waals surface area contributed by atoms with Crippen molar-refractivity contribution < 1.29 is 9.90 Å². The number of aryl methyl sites for hydroxylation is 1. The summed E-state index contributed by atoms with van der Waals surface area (Å²) in [5, 5.41) is 12.7. The SMILES string of the molecule is CSCC(C)(O)CNC(=O)CCCc1ccccc1. The van der Waals surface area contributed by atoms with Crippen molar-refractivity contribution in [3.05, 3.63) is 35.9 Å². The molecule has 1 unspecified atom stereocenters. The lowest BCUT2D eigenvalue weighted by molar-refractivity contribution is -0.122. The number of hydrogen-bond acceptors (Lipinski definition) is 3. The molecule has 0 aliphatic rings. The summed E-state index contributed by atoms with van der Waals surface area (Å²) in [6, 6.07) is 10.1. The Hall–Kier alpha value is -1.00. The zero-order chi connectivity index (χ0) is 14.1. The Morgan fingerprint density at radius 1 is 1.37 bits per heavy atom. The van der Waals surface area contributed by atoms with Crippen LogP contribution >= 0.6 is 11.8 Å². The van der Waals surface area contributed by atoms with Crippen LogP contribution in [0.5, 0.6) is 0 Å². The Labute approximate surface area is 119 Å². The van der Waals surface area contributed by atoms with E-state index >= 15 is 0 Å². The van der Waals surface area contributed by atoms with Crippen molar-refractivity contribution in [1.29, 1.82) is 0 Å². The van der Waals surface area contributed by atoms with Gasteiger partial charge in [-0.1, -0.05) is 30.3 Å². The lowest BCUT2D eigenvalue weighted by atomic mass is 10.1. The predicted molar refractivity (Wildman–Crippen MR) is 81.4 cm³/mol. The molecule has 1 atom stereocenters. The Kier molecular flexibility index (Phi) is 6.95. The van der Waals surface area contributed by atoms with E-state index in [2.05, 4.69) is 17.4 Å². The third-order valence-corrected chi connectivity index (χ3v) is 3.74. The maximum atomic E-state index is 11.7. The molecule has 0 aliphatic carbocycles. The van der Waals surface area contributed by atoms with E-state index in [1.807, 2.05) is 24.5 Å². The summed E-state index contributed by atoms with van der Waals surface area (Å²) in [5.74, 6) is 0.634. The zero-order valence-electron chi connectivity index (χ0n) is 11.7. The molecule has 0 saturated heterocycles. The Bertz CT molecular complexity index is 379. The predicted octanol–water partition coefficient (Wildman–Crippen LogP) is 2.24. The number of carbonyl (C=O) groups excluding carboxylic acids is 1. The highest BCUT2D eigenvalue weighted by Gasteiger charge is 2.20. The molecule has 0 saturated carbocycles. The van der Waals surface area contributed by atoms with Gasteiger partial charge in [0.25, 0.3) is 0 Å². The molecule has 1 amide bonds. The summed E-state index contributed by atoms with van der Waals surface area (Å²) < 4.78 is 0. The monoisotopic (exact) mass is 281 g/mol. The maximum Gasteiger partial charge on any atom is 0.220 e. The minimum atomic E-state index is -0.825. The highest BCUT2D eigenvalue weighted by Crippen LogP contribution is 2.09. The van der Waals surface area contributed by atoms with Crippen LogP contribution in [0.25, 0.3) is 0 Å². The molecular weight excluding hydrogens is 258 g/mol. The van der Waals surface area contributed by atoms with Gasteiger partial charge in [-0.15, -0.1) is 0 Å². The minimum absolute atomic E-state index is 0.0114. The molecule has 0 aliphatic heterocycles. The first-order valence-corrected chi connectivity index (χ1v) is 7.95. The van der Waals surface area contributed by atoms with Gasteiger partial charge in [0.05, 0.1) is 5.60 Å². The first-order chi connectivity index (χ1) is 9.03. The van der Waals surface area contributed by atoms with Gasteiger partial charge in [0.1, 0.15) is 0 Å². The molecule has 0 fully saturated rings. The molecule has 1 aromatic rings. The first kappa shape index (κ1) is 16.1. The second-order valence-corrected chi connectivity index (χ2v) is 5.91. The van der Waals surface area contributed by atoms with Gasteiger partial charge in [-0.2, -0.15) is 11.8 Å². The van der Waals surface area contributed by atoms with Gasteiger partial charge in [-0.3, -0.25) is 4.79 Å². The fraction of sp³-hybridized carbons (Fsp3) is 0.533. The van der Waals surface area contributed by atoms with E-state index in [-0.39, 0.29) is 5.91 Å². The summed E-state index contributed by atoms with van der Waals surface area (Å²) in [6.45, 7) is 2.06. The molecule has 106 valence electrons. The standard InChI is InChI=1S/C15H23NO2S/c1-15(18,12-19-2)11-16-14(17)10-6-9-13-7-4-3-5-8-13/h3-5,7-8,18H,6,9-12H2,1-2H3,(H,16,17).